The molecular formula is C25H18ClN5. The van der Waals surface area contributed by atoms with Gasteiger partial charge in [-0.3, -0.25) is 0 Å². The van der Waals surface area contributed by atoms with Gasteiger partial charge in [0.15, 0.2) is 5.69 Å². The molecule has 1 N–H and O–H groups in total. The van der Waals surface area contributed by atoms with E-state index in [1.54, 1.807) is 0 Å². The van der Waals surface area contributed by atoms with Gasteiger partial charge in [-0.2, -0.15) is 0 Å². The van der Waals surface area contributed by atoms with E-state index in [-0.39, 0.29) is 0 Å². The van der Waals surface area contributed by atoms with E-state index < -0.39 is 0 Å². The lowest BCUT2D eigenvalue weighted by Gasteiger charge is -2.19. The lowest BCUT2D eigenvalue weighted by Crippen LogP contribution is -2.07. The first-order valence-corrected chi connectivity index (χ1v) is 10.1. The molecule has 4 aromatic rings. The number of allylic oxidation sites excluding steroid dienone is 1. The van der Waals surface area contributed by atoms with Crippen molar-refractivity contribution in [2.24, 2.45) is 7.05 Å². The summed E-state index contributed by atoms with van der Waals surface area (Å²) < 4.78 is 2.10. The van der Waals surface area contributed by atoms with Gasteiger partial charge in [-0.05, 0) is 66.4 Å². The standard InChI is InChI=1S/C25H18ClN5/c1-14-5-6-16-11-20(17-9-15(2)28-23(26)13-17)24(30-25(16)29-14)22-12-18-10-19(27-3)7-8-21(18)31(22)4/h5-13H,1H2,2,4H3,(H,29,30). The van der Waals surface area contributed by atoms with Gasteiger partial charge in [-0.1, -0.05) is 24.2 Å². The molecule has 3 aromatic heterocycles. The Morgan fingerprint density at radius 1 is 1.10 bits per heavy atom. The normalized spacial score (nSPS) is 12.5. The van der Waals surface area contributed by atoms with Gasteiger partial charge in [-0.25, -0.2) is 14.8 Å². The SMILES string of the molecule is [C-]#[N+]c1ccc2c(c1)cc(-c1nc3c(cc1-c1cc(C)nc(Cl)c1)C=CC(=C)N3)n2C. The Hall–Kier alpha value is -3.88. The summed E-state index contributed by atoms with van der Waals surface area (Å²) in [6, 6.07) is 13.8. The van der Waals surface area contributed by atoms with Crippen LogP contribution >= 0.6 is 11.6 Å². The van der Waals surface area contributed by atoms with E-state index in [1.165, 1.54) is 0 Å². The molecule has 1 aliphatic rings. The van der Waals surface area contributed by atoms with Gasteiger partial charge in [0.2, 0.25) is 0 Å². The van der Waals surface area contributed by atoms with E-state index in [2.05, 4.69) is 38.4 Å². The molecule has 0 saturated carbocycles. The Morgan fingerprint density at radius 2 is 1.94 bits per heavy atom. The van der Waals surface area contributed by atoms with Gasteiger partial charge in [0.1, 0.15) is 11.0 Å². The first-order chi connectivity index (χ1) is 14.9. The highest BCUT2D eigenvalue weighted by Crippen LogP contribution is 2.39. The predicted octanol–water partition coefficient (Wildman–Crippen LogP) is 6.77. The van der Waals surface area contributed by atoms with Crippen molar-refractivity contribution in [2.45, 2.75) is 6.92 Å². The number of hydrogen-bond donors (Lipinski definition) is 1. The van der Waals surface area contributed by atoms with Gasteiger partial charge >= 0.3 is 0 Å². The smallest absolute Gasteiger partial charge is 0.187 e. The summed E-state index contributed by atoms with van der Waals surface area (Å²) in [5.74, 6) is 0.759. The largest absolute Gasteiger partial charge is 0.342 e. The molecule has 5 rings (SSSR count). The summed E-state index contributed by atoms with van der Waals surface area (Å²) in [5, 5.41) is 4.70. The second-order valence-electron chi connectivity index (χ2n) is 7.57. The van der Waals surface area contributed by atoms with Crippen molar-refractivity contribution >= 4 is 40.1 Å². The highest BCUT2D eigenvalue weighted by atomic mass is 35.5. The van der Waals surface area contributed by atoms with Crippen LogP contribution in [-0.4, -0.2) is 14.5 Å². The van der Waals surface area contributed by atoms with E-state index in [1.807, 2.05) is 56.5 Å². The third kappa shape index (κ3) is 3.27. The third-order valence-corrected chi connectivity index (χ3v) is 5.62. The molecule has 31 heavy (non-hydrogen) atoms. The minimum absolute atomic E-state index is 0.444. The molecule has 1 aromatic carbocycles. The molecule has 0 fully saturated rings. The van der Waals surface area contributed by atoms with Crippen LogP contribution in [0.2, 0.25) is 5.15 Å². The van der Waals surface area contributed by atoms with Crippen LogP contribution in [0.4, 0.5) is 11.5 Å². The van der Waals surface area contributed by atoms with Crippen LogP contribution in [0.5, 0.6) is 0 Å². The minimum atomic E-state index is 0.444. The van der Waals surface area contributed by atoms with Crippen molar-refractivity contribution in [2.75, 3.05) is 5.32 Å². The summed E-state index contributed by atoms with van der Waals surface area (Å²) >= 11 is 6.29. The van der Waals surface area contributed by atoms with Crippen molar-refractivity contribution in [3.05, 3.63) is 88.6 Å². The molecule has 0 aliphatic carbocycles. The fourth-order valence-electron chi connectivity index (χ4n) is 3.97. The molecule has 5 nitrogen and oxygen atoms in total. The van der Waals surface area contributed by atoms with E-state index in [0.29, 0.717) is 10.8 Å². The fraction of sp³-hybridized carbons (Fsp3) is 0.0800. The molecule has 0 unspecified atom stereocenters. The lowest BCUT2D eigenvalue weighted by atomic mass is 9.98. The van der Waals surface area contributed by atoms with Gasteiger partial charge < -0.3 is 9.88 Å². The maximum atomic E-state index is 7.32. The summed E-state index contributed by atoms with van der Waals surface area (Å²) in [6.07, 6.45) is 3.94. The summed E-state index contributed by atoms with van der Waals surface area (Å²) in [6.45, 7) is 13.2. The Labute approximate surface area is 185 Å². The van der Waals surface area contributed by atoms with E-state index in [4.69, 9.17) is 23.2 Å². The van der Waals surface area contributed by atoms with Crippen LogP contribution in [0.3, 0.4) is 0 Å². The van der Waals surface area contributed by atoms with Gasteiger partial charge in [0.05, 0.1) is 18.0 Å². The Bertz CT molecular complexity index is 1450. The molecule has 4 heterocycles. The summed E-state index contributed by atoms with van der Waals surface area (Å²) in [5.41, 5.74) is 7.94. The van der Waals surface area contributed by atoms with Crippen LogP contribution in [0.25, 0.3) is 44.3 Å². The van der Waals surface area contributed by atoms with Gasteiger partial charge in [-0.15, -0.1) is 0 Å². The first kappa shape index (κ1) is 19.1. The average molecular weight is 424 g/mol. The Balaban J connectivity index is 1.82. The molecule has 0 radical (unpaired) electrons. The molecule has 150 valence electrons. The number of aryl methyl sites for hydroxylation is 2. The van der Waals surface area contributed by atoms with Crippen molar-refractivity contribution in [1.29, 1.82) is 0 Å². The lowest BCUT2D eigenvalue weighted by molar-refractivity contribution is 0.971. The number of nitrogens with zero attached hydrogens (tertiary/aromatic N) is 4. The molecular weight excluding hydrogens is 406 g/mol. The number of anilines is 1. The Morgan fingerprint density at radius 3 is 2.71 bits per heavy atom. The second kappa shape index (κ2) is 7.12. The van der Waals surface area contributed by atoms with E-state index >= 15 is 0 Å². The highest BCUT2D eigenvalue weighted by Gasteiger charge is 2.20. The molecule has 1 aliphatic heterocycles. The maximum Gasteiger partial charge on any atom is 0.187 e. The molecule has 6 heteroatoms. The monoisotopic (exact) mass is 423 g/mol. The first-order valence-electron chi connectivity index (χ1n) is 9.74. The zero-order chi connectivity index (χ0) is 21.7. The topological polar surface area (TPSA) is 47.1 Å². The Kier molecular flexibility index (Phi) is 4.39. The average Bonchev–Trinajstić information content (AvgIpc) is 3.07. The van der Waals surface area contributed by atoms with Gasteiger partial charge in [0.25, 0.3) is 0 Å². The zero-order valence-electron chi connectivity index (χ0n) is 17.1. The third-order valence-electron chi connectivity index (χ3n) is 5.43. The van der Waals surface area contributed by atoms with Crippen LogP contribution in [0.15, 0.2) is 60.8 Å². The number of fused-ring (bicyclic) bond motifs is 2. The predicted molar refractivity (Wildman–Crippen MR) is 127 cm³/mol. The minimum Gasteiger partial charge on any atom is -0.342 e. The summed E-state index contributed by atoms with van der Waals surface area (Å²) in [4.78, 5) is 12.9. The quantitative estimate of drug-likeness (QED) is 0.286. The summed E-state index contributed by atoms with van der Waals surface area (Å²) in [7, 11) is 2.01. The number of nitrogens with one attached hydrogen (secondary N) is 1. The molecule has 0 amide bonds. The molecule has 0 spiro atoms. The highest BCUT2D eigenvalue weighted by molar-refractivity contribution is 6.29. The van der Waals surface area contributed by atoms with Crippen molar-refractivity contribution in [1.82, 2.24) is 14.5 Å². The van der Waals surface area contributed by atoms with Crippen molar-refractivity contribution < 1.29 is 0 Å². The van der Waals surface area contributed by atoms with Gasteiger partial charge in [0, 0.05) is 35.1 Å². The number of pyridine rings is 2. The zero-order valence-corrected chi connectivity index (χ0v) is 17.8. The number of rotatable bonds is 2. The van der Waals surface area contributed by atoms with E-state index in [0.717, 1.165) is 56.2 Å². The van der Waals surface area contributed by atoms with Crippen LogP contribution in [0.1, 0.15) is 11.3 Å². The number of halogens is 1. The molecule has 0 atom stereocenters. The van der Waals surface area contributed by atoms with Crippen molar-refractivity contribution in [3.63, 3.8) is 0 Å². The van der Waals surface area contributed by atoms with Crippen LogP contribution in [0, 0.1) is 13.5 Å². The van der Waals surface area contributed by atoms with E-state index in [9.17, 15) is 0 Å². The molecule has 0 bridgehead atoms. The van der Waals surface area contributed by atoms with Crippen LogP contribution in [-0.2, 0) is 7.05 Å². The number of benzene rings is 1. The second-order valence-corrected chi connectivity index (χ2v) is 7.96. The van der Waals surface area contributed by atoms with Crippen molar-refractivity contribution in [3.8, 4) is 22.5 Å². The number of aromatic nitrogens is 3. The fourth-order valence-corrected chi connectivity index (χ4v) is 4.22. The number of hydrogen-bond acceptors (Lipinski definition) is 3. The molecule has 0 saturated heterocycles. The van der Waals surface area contributed by atoms with Crippen LogP contribution < -0.4 is 5.32 Å². The maximum absolute atomic E-state index is 7.32.